The first-order chi connectivity index (χ1) is 9.36. The minimum atomic E-state index is -4.42. The van der Waals surface area contributed by atoms with Gasteiger partial charge in [0.1, 0.15) is 0 Å². The number of nitrogens with one attached hydrogen (secondary N) is 1. The fourth-order valence-electron chi connectivity index (χ4n) is 2.14. The molecule has 1 N–H and O–H groups in total. The zero-order valence-electron chi connectivity index (χ0n) is 10.9. The number of likely N-dealkylation sites (tertiary alicyclic amines) is 1. The smallest absolute Gasteiger partial charge is 0.366 e. The second-order valence-electron chi connectivity index (χ2n) is 4.76. The molecular formula is C13H15F3N2O2. The lowest BCUT2D eigenvalue weighted by Crippen LogP contribution is -2.70. The normalized spacial score (nSPS) is 18.4. The number of nitrogens with zero attached hydrogens (tertiary/aromatic N) is 1. The van der Waals surface area contributed by atoms with Crippen LogP contribution >= 0.6 is 0 Å². The van der Waals surface area contributed by atoms with Crippen LogP contribution in [0.15, 0.2) is 30.3 Å². The van der Waals surface area contributed by atoms with Crippen LogP contribution in [0.3, 0.4) is 0 Å². The van der Waals surface area contributed by atoms with Crippen LogP contribution in [0.25, 0.3) is 0 Å². The molecule has 0 spiro atoms. The Bertz CT molecular complexity index is 470. The third-order valence-corrected chi connectivity index (χ3v) is 3.29. The third kappa shape index (κ3) is 2.94. The average molecular weight is 288 g/mol. The van der Waals surface area contributed by atoms with Crippen molar-refractivity contribution in [3.8, 4) is 0 Å². The fourth-order valence-corrected chi connectivity index (χ4v) is 2.14. The van der Waals surface area contributed by atoms with Gasteiger partial charge < -0.3 is 10.1 Å². The van der Waals surface area contributed by atoms with Crippen LogP contribution in [0.1, 0.15) is 0 Å². The molecule has 7 heteroatoms. The molecule has 1 aromatic carbocycles. The highest BCUT2D eigenvalue weighted by Crippen LogP contribution is 2.40. The van der Waals surface area contributed by atoms with Gasteiger partial charge in [-0.1, -0.05) is 18.2 Å². The van der Waals surface area contributed by atoms with Gasteiger partial charge in [0, 0.05) is 25.9 Å². The lowest BCUT2D eigenvalue weighted by atomic mass is 9.93. The summed E-state index contributed by atoms with van der Waals surface area (Å²) in [6, 6.07) is 8.76. The van der Waals surface area contributed by atoms with E-state index < -0.39 is 11.8 Å². The van der Waals surface area contributed by atoms with Crippen molar-refractivity contribution < 1.29 is 22.7 Å². The summed E-state index contributed by atoms with van der Waals surface area (Å²) >= 11 is 0. The number of anilines is 1. The van der Waals surface area contributed by atoms with E-state index >= 15 is 0 Å². The van der Waals surface area contributed by atoms with Gasteiger partial charge in [-0.3, -0.25) is 9.69 Å². The van der Waals surface area contributed by atoms with Crippen molar-refractivity contribution in [1.82, 2.24) is 4.90 Å². The van der Waals surface area contributed by atoms with Gasteiger partial charge in [0.05, 0.1) is 6.54 Å². The van der Waals surface area contributed by atoms with Gasteiger partial charge in [0.2, 0.25) is 5.91 Å². The van der Waals surface area contributed by atoms with E-state index in [4.69, 9.17) is 0 Å². The average Bonchev–Trinajstić information content (AvgIpc) is 2.32. The van der Waals surface area contributed by atoms with E-state index in [9.17, 15) is 18.0 Å². The highest BCUT2D eigenvalue weighted by Gasteiger charge is 2.62. The summed E-state index contributed by atoms with van der Waals surface area (Å²) in [7, 11) is 1.04. The van der Waals surface area contributed by atoms with Gasteiger partial charge in [0.25, 0.3) is 0 Å². The fraction of sp³-hybridized carbons (Fsp3) is 0.462. The first kappa shape index (κ1) is 14.8. The zero-order valence-corrected chi connectivity index (χ0v) is 10.9. The van der Waals surface area contributed by atoms with Crippen LogP contribution in [0.5, 0.6) is 0 Å². The van der Waals surface area contributed by atoms with E-state index in [0.29, 0.717) is 5.69 Å². The largest absolute Gasteiger partial charge is 0.419 e. The van der Waals surface area contributed by atoms with Crippen molar-refractivity contribution in [3.63, 3.8) is 0 Å². The second-order valence-corrected chi connectivity index (χ2v) is 4.76. The van der Waals surface area contributed by atoms with E-state index in [2.05, 4.69) is 10.1 Å². The number of halogens is 3. The second kappa shape index (κ2) is 5.41. The Kier molecular flexibility index (Phi) is 4.01. The lowest BCUT2D eigenvalue weighted by molar-refractivity contribution is -0.309. The van der Waals surface area contributed by atoms with E-state index in [-0.39, 0.29) is 25.5 Å². The van der Waals surface area contributed by atoms with Crippen molar-refractivity contribution in [3.05, 3.63) is 30.3 Å². The molecule has 1 heterocycles. The summed E-state index contributed by atoms with van der Waals surface area (Å²) in [6.07, 6.45) is -4.42. The number of amides is 1. The summed E-state index contributed by atoms with van der Waals surface area (Å²) in [5.74, 6) is -0.344. The number of carbonyl (C=O) groups excluding carboxylic acids is 1. The van der Waals surface area contributed by atoms with Crippen LogP contribution in [-0.4, -0.2) is 49.3 Å². The number of benzene rings is 1. The minimum absolute atomic E-state index is 0.0872. The molecule has 0 atom stereocenters. The molecule has 1 aromatic rings. The van der Waals surface area contributed by atoms with Crippen LogP contribution in [0.2, 0.25) is 0 Å². The molecule has 4 nitrogen and oxygen atoms in total. The summed E-state index contributed by atoms with van der Waals surface area (Å²) in [6.45, 7) is -0.736. The number of ether oxygens (including phenoxy) is 1. The first-order valence-corrected chi connectivity index (χ1v) is 6.05. The quantitative estimate of drug-likeness (QED) is 0.920. The number of hydrogen-bond donors (Lipinski definition) is 1. The molecule has 1 amide bonds. The van der Waals surface area contributed by atoms with E-state index in [1.54, 1.807) is 30.3 Å². The van der Waals surface area contributed by atoms with E-state index in [0.717, 1.165) is 7.11 Å². The van der Waals surface area contributed by atoms with Gasteiger partial charge in [-0.05, 0) is 12.1 Å². The maximum Gasteiger partial charge on any atom is 0.419 e. The molecule has 1 aliphatic heterocycles. The van der Waals surface area contributed by atoms with Gasteiger partial charge in [0.15, 0.2) is 5.60 Å². The molecule has 1 fully saturated rings. The van der Waals surface area contributed by atoms with Gasteiger partial charge >= 0.3 is 6.18 Å². The van der Waals surface area contributed by atoms with Crippen LogP contribution in [0.4, 0.5) is 18.9 Å². The Balaban J connectivity index is 1.84. The van der Waals surface area contributed by atoms with Gasteiger partial charge in [-0.2, -0.15) is 13.2 Å². The summed E-state index contributed by atoms with van der Waals surface area (Å²) in [4.78, 5) is 13.1. The molecule has 110 valence electrons. The lowest BCUT2D eigenvalue weighted by Gasteiger charge is -2.49. The SMILES string of the molecule is COC1(C(F)(F)F)CN(CC(=O)Nc2ccccc2)C1. The molecule has 1 saturated heterocycles. The highest BCUT2D eigenvalue weighted by molar-refractivity contribution is 5.92. The Hall–Kier alpha value is -1.60. The molecule has 20 heavy (non-hydrogen) atoms. The van der Waals surface area contributed by atoms with Crippen molar-refractivity contribution in [2.45, 2.75) is 11.8 Å². The standard InChI is InChI=1S/C13H15F3N2O2/c1-20-12(13(14,15)16)8-18(9-12)7-11(19)17-10-5-3-2-4-6-10/h2-6H,7-9H2,1H3,(H,17,19). The van der Waals surface area contributed by atoms with Crippen molar-refractivity contribution in [1.29, 1.82) is 0 Å². The number of methoxy groups -OCH3 is 1. The summed E-state index contributed by atoms with van der Waals surface area (Å²) in [5, 5.41) is 2.62. The number of carbonyl (C=O) groups is 1. The molecule has 0 aromatic heterocycles. The third-order valence-electron chi connectivity index (χ3n) is 3.29. The Morgan fingerprint density at radius 3 is 2.45 bits per heavy atom. The number of alkyl halides is 3. The molecule has 0 bridgehead atoms. The number of hydrogen-bond acceptors (Lipinski definition) is 3. The van der Waals surface area contributed by atoms with E-state index in [1.807, 2.05) is 0 Å². The number of rotatable bonds is 4. The highest BCUT2D eigenvalue weighted by atomic mass is 19.4. The molecule has 0 radical (unpaired) electrons. The Morgan fingerprint density at radius 2 is 1.95 bits per heavy atom. The van der Waals surface area contributed by atoms with Crippen molar-refractivity contribution in [2.75, 3.05) is 32.1 Å². The van der Waals surface area contributed by atoms with Crippen LogP contribution in [0, 0.1) is 0 Å². The maximum absolute atomic E-state index is 12.8. The molecule has 0 saturated carbocycles. The zero-order chi connectivity index (χ0) is 14.8. The predicted octanol–water partition coefficient (Wildman–Crippen LogP) is 1.89. The first-order valence-electron chi connectivity index (χ1n) is 6.05. The predicted molar refractivity (Wildman–Crippen MR) is 67.3 cm³/mol. The van der Waals surface area contributed by atoms with Gasteiger partial charge in [-0.25, -0.2) is 0 Å². The monoisotopic (exact) mass is 288 g/mol. The topological polar surface area (TPSA) is 41.6 Å². The molecular weight excluding hydrogens is 273 g/mol. The number of para-hydroxylation sites is 1. The minimum Gasteiger partial charge on any atom is -0.366 e. The van der Waals surface area contributed by atoms with E-state index in [1.165, 1.54) is 4.90 Å². The van der Waals surface area contributed by atoms with Crippen molar-refractivity contribution in [2.24, 2.45) is 0 Å². The maximum atomic E-state index is 12.8. The van der Waals surface area contributed by atoms with Crippen LogP contribution in [-0.2, 0) is 9.53 Å². The van der Waals surface area contributed by atoms with Crippen molar-refractivity contribution >= 4 is 11.6 Å². The molecule has 0 aliphatic carbocycles. The van der Waals surface area contributed by atoms with Gasteiger partial charge in [-0.15, -0.1) is 0 Å². The molecule has 1 aliphatic rings. The molecule has 2 rings (SSSR count). The summed E-state index contributed by atoms with van der Waals surface area (Å²) < 4.78 is 42.9. The summed E-state index contributed by atoms with van der Waals surface area (Å²) in [5.41, 5.74) is -1.52. The Morgan fingerprint density at radius 1 is 1.35 bits per heavy atom. The Labute approximate surface area is 114 Å². The van der Waals surface area contributed by atoms with Crippen LogP contribution < -0.4 is 5.32 Å². The molecule has 0 unspecified atom stereocenters.